The van der Waals surface area contributed by atoms with E-state index in [1.54, 1.807) is 11.0 Å². The number of rotatable bonds is 9. The standard InChI is InChI=1S/C12H21NO3/c1-3-9-13(10-4-2)11(14)7-5-6-8-12(15)16/h3H,1,4-10H2,2H3,(H,15,16). The monoisotopic (exact) mass is 227 g/mol. The Balaban J connectivity index is 3.81. The van der Waals surface area contributed by atoms with Gasteiger partial charge in [-0.3, -0.25) is 9.59 Å². The number of carboxylic acids is 1. The van der Waals surface area contributed by atoms with Crippen LogP contribution in [0, 0.1) is 0 Å². The van der Waals surface area contributed by atoms with Crippen LogP contribution in [0.4, 0.5) is 0 Å². The van der Waals surface area contributed by atoms with E-state index in [-0.39, 0.29) is 12.3 Å². The number of unbranched alkanes of at least 4 members (excludes halogenated alkanes) is 1. The summed E-state index contributed by atoms with van der Waals surface area (Å²) in [6, 6.07) is 0. The summed E-state index contributed by atoms with van der Waals surface area (Å²) in [7, 11) is 0. The van der Waals surface area contributed by atoms with E-state index >= 15 is 0 Å². The van der Waals surface area contributed by atoms with Gasteiger partial charge in [0.25, 0.3) is 0 Å². The molecule has 0 aromatic carbocycles. The number of carbonyl (C=O) groups is 2. The van der Waals surface area contributed by atoms with E-state index in [0.29, 0.717) is 25.8 Å². The summed E-state index contributed by atoms with van der Waals surface area (Å²) < 4.78 is 0. The number of aliphatic carboxylic acids is 1. The summed E-state index contributed by atoms with van der Waals surface area (Å²) >= 11 is 0. The van der Waals surface area contributed by atoms with E-state index < -0.39 is 5.97 Å². The normalized spacial score (nSPS) is 9.81. The highest BCUT2D eigenvalue weighted by Crippen LogP contribution is 2.04. The maximum Gasteiger partial charge on any atom is 0.303 e. The Morgan fingerprint density at radius 3 is 2.44 bits per heavy atom. The lowest BCUT2D eigenvalue weighted by Gasteiger charge is -2.20. The van der Waals surface area contributed by atoms with Gasteiger partial charge in [-0.2, -0.15) is 0 Å². The van der Waals surface area contributed by atoms with Crippen LogP contribution in [0.1, 0.15) is 39.0 Å². The van der Waals surface area contributed by atoms with Gasteiger partial charge in [0, 0.05) is 25.9 Å². The molecule has 0 aliphatic carbocycles. The van der Waals surface area contributed by atoms with Gasteiger partial charge in [0.05, 0.1) is 0 Å². The highest BCUT2D eigenvalue weighted by atomic mass is 16.4. The van der Waals surface area contributed by atoms with Crippen molar-refractivity contribution in [2.75, 3.05) is 13.1 Å². The van der Waals surface area contributed by atoms with Gasteiger partial charge in [-0.1, -0.05) is 13.0 Å². The minimum Gasteiger partial charge on any atom is -0.481 e. The van der Waals surface area contributed by atoms with Crippen molar-refractivity contribution < 1.29 is 14.7 Å². The van der Waals surface area contributed by atoms with Crippen molar-refractivity contribution in [3.63, 3.8) is 0 Å². The van der Waals surface area contributed by atoms with Crippen LogP contribution >= 0.6 is 0 Å². The fourth-order valence-electron chi connectivity index (χ4n) is 1.45. The first-order valence-electron chi connectivity index (χ1n) is 5.72. The Bertz CT molecular complexity index is 238. The van der Waals surface area contributed by atoms with Crippen molar-refractivity contribution >= 4 is 11.9 Å². The molecule has 1 N–H and O–H groups in total. The van der Waals surface area contributed by atoms with Crippen LogP contribution < -0.4 is 0 Å². The quantitative estimate of drug-likeness (QED) is 0.484. The Kier molecular flexibility index (Phi) is 8.21. The van der Waals surface area contributed by atoms with Crippen molar-refractivity contribution in [1.82, 2.24) is 4.90 Å². The van der Waals surface area contributed by atoms with Crippen LogP contribution in [0.15, 0.2) is 12.7 Å². The molecule has 0 saturated carbocycles. The van der Waals surface area contributed by atoms with E-state index in [4.69, 9.17) is 5.11 Å². The zero-order valence-corrected chi connectivity index (χ0v) is 9.95. The van der Waals surface area contributed by atoms with Crippen LogP contribution in [0.5, 0.6) is 0 Å². The van der Waals surface area contributed by atoms with Crippen LogP contribution in [-0.2, 0) is 9.59 Å². The maximum absolute atomic E-state index is 11.7. The smallest absolute Gasteiger partial charge is 0.303 e. The van der Waals surface area contributed by atoms with Gasteiger partial charge in [-0.15, -0.1) is 6.58 Å². The molecule has 92 valence electrons. The Labute approximate surface area is 96.9 Å². The molecule has 4 nitrogen and oxygen atoms in total. The van der Waals surface area contributed by atoms with Gasteiger partial charge in [-0.25, -0.2) is 0 Å². The predicted molar refractivity (Wildman–Crippen MR) is 63.2 cm³/mol. The summed E-state index contributed by atoms with van der Waals surface area (Å²) in [5, 5.41) is 8.45. The molecular weight excluding hydrogens is 206 g/mol. The summed E-state index contributed by atoms with van der Waals surface area (Å²) in [5.41, 5.74) is 0. The van der Waals surface area contributed by atoms with Gasteiger partial charge < -0.3 is 10.0 Å². The van der Waals surface area contributed by atoms with Gasteiger partial charge >= 0.3 is 5.97 Å². The van der Waals surface area contributed by atoms with E-state index in [2.05, 4.69) is 6.58 Å². The fraction of sp³-hybridized carbons (Fsp3) is 0.667. The van der Waals surface area contributed by atoms with Crippen LogP contribution in [0.3, 0.4) is 0 Å². The van der Waals surface area contributed by atoms with Gasteiger partial charge in [-0.05, 0) is 19.3 Å². The lowest BCUT2D eigenvalue weighted by Crippen LogP contribution is -2.31. The second-order valence-electron chi connectivity index (χ2n) is 3.73. The minimum absolute atomic E-state index is 0.0899. The molecule has 0 bridgehead atoms. The van der Waals surface area contributed by atoms with Gasteiger partial charge in [0.15, 0.2) is 0 Å². The number of amides is 1. The molecule has 0 aliphatic rings. The van der Waals surface area contributed by atoms with E-state index in [1.165, 1.54) is 0 Å². The molecule has 0 rings (SSSR count). The van der Waals surface area contributed by atoms with Crippen molar-refractivity contribution in [3.8, 4) is 0 Å². The number of carboxylic acid groups (broad SMARTS) is 1. The summed E-state index contributed by atoms with van der Waals surface area (Å²) in [5.74, 6) is -0.712. The molecular formula is C12H21NO3. The molecule has 0 unspecified atom stereocenters. The lowest BCUT2D eigenvalue weighted by molar-refractivity contribution is -0.137. The summed E-state index contributed by atoms with van der Waals surface area (Å²) in [6.45, 7) is 6.95. The maximum atomic E-state index is 11.7. The molecule has 0 spiro atoms. The second kappa shape index (κ2) is 8.95. The largest absolute Gasteiger partial charge is 0.481 e. The van der Waals surface area contributed by atoms with E-state index in [0.717, 1.165) is 13.0 Å². The first kappa shape index (κ1) is 14.7. The highest BCUT2D eigenvalue weighted by molar-refractivity contribution is 5.76. The predicted octanol–water partition coefficient (Wildman–Crippen LogP) is 2.06. The Hall–Kier alpha value is -1.32. The molecule has 16 heavy (non-hydrogen) atoms. The third kappa shape index (κ3) is 7.04. The molecule has 4 heteroatoms. The Morgan fingerprint density at radius 2 is 1.94 bits per heavy atom. The van der Waals surface area contributed by atoms with Crippen molar-refractivity contribution in [2.45, 2.75) is 39.0 Å². The molecule has 0 radical (unpaired) electrons. The topological polar surface area (TPSA) is 57.6 Å². The average Bonchev–Trinajstić information content (AvgIpc) is 2.23. The number of nitrogens with zero attached hydrogens (tertiary/aromatic N) is 1. The van der Waals surface area contributed by atoms with Gasteiger partial charge in [0.1, 0.15) is 0 Å². The fourth-order valence-corrected chi connectivity index (χ4v) is 1.45. The number of carbonyl (C=O) groups excluding carboxylic acids is 1. The molecule has 1 amide bonds. The molecule has 0 atom stereocenters. The lowest BCUT2D eigenvalue weighted by atomic mass is 10.2. The number of hydrogen-bond donors (Lipinski definition) is 1. The average molecular weight is 227 g/mol. The molecule has 0 saturated heterocycles. The summed E-state index contributed by atoms with van der Waals surface area (Å²) in [6.07, 6.45) is 4.42. The zero-order valence-electron chi connectivity index (χ0n) is 9.95. The van der Waals surface area contributed by atoms with Crippen molar-refractivity contribution in [1.29, 1.82) is 0 Å². The third-order valence-corrected chi connectivity index (χ3v) is 2.23. The van der Waals surface area contributed by atoms with Crippen LogP contribution in [0.2, 0.25) is 0 Å². The van der Waals surface area contributed by atoms with E-state index in [1.807, 2.05) is 6.92 Å². The summed E-state index contributed by atoms with van der Waals surface area (Å²) in [4.78, 5) is 23.7. The molecule has 0 aliphatic heterocycles. The van der Waals surface area contributed by atoms with E-state index in [9.17, 15) is 9.59 Å². The highest BCUT2D eigenvalue weighted by Gasteiger charge is 2.10. The first-order chi connectivity index (χ1) is 7.61. The molecule has 0 aromatic rings. The zero-order chi connectivity index (χ0) is 12.4. The Morgan fingerprint density at radius 1 is 1.31 bits per heavy atom. The molecule has 0 fully saturated rings. The van der Waals surface area contributed by atoms with Crippen LogP contribution in [0.25, 0.3) is 0 Å². The third-order valence-electron chi connectivity index (χ3n) is 2.23. The number of hydrogen-bond acceptors (Lipinski definition) is 2. The minimum atomic E-state index is -0.802. The first-order valence-corrected chi connectivity index (χ1v) is 5.72. The van der Waals surface area contributed by atoms with Crippen LogP contribution in [-0.4, -0.2) is 35.0 Å². The van der Waals surface area contributed by atoms with Crippen molar-refractivity contribution in [2.24, 2.45) is 0 Å². The van der Waals surface area contributed by atoms with Gasteiger partial charge in [0.2, 0.25) is 5.91 Å². The SMILES string of the molecule is C=CCN(CCC)C(=O)CCCCC(=O)O. The molecule has 0 heterocycles. The van der Waals surface area contributed by atoms with Crippen molar-refractivity contribution in [3.05, 3.63) is 12.7 Å². The molecule has 0 aromatic heterocycles. The second-order valence-corrected chi connectivity index (χ2v) is 3.73.